The van der Waals surface area contributed by atoms with E-state index in [4.69, 9.17) is 13.0 Å². The number of fused-ring (bicyclic) bond motifs is 1. The number of halogens is 1. The Labute approximate surface area is 138 Å². The fourth-order valence-electron chi connectivity index (χ4n) is 4.98. The molecule has 0 aromatic carbocycles. The Morgan fingerprint density at radius 3 is 2.60 bits per heavy atom. The maximum absolute atomic E-state index is 12.3. The predicted molar refractivity (Wildman–Crippen MR) is 78.1 cm³/mol. The van der Waals surface area contributed by atoms with Gasteiger partial charge >= 0.3 is 139 Å². The molecule has 0 aliphatic heterocycles. The molecule has 0 aromatic rings. The first-order valence-corrected chi connectivity index (χ1v) is 17.5. The molecule has 2 aliphatic rings. The summed E-state index contributed by atoms with van der Waals surface area (Å²) in [6, 6.07) is 0. The van der Waals surface area contributed by atoms with Gasteiger partial charge < -0.3 is 0 Å². The number of rotatable bonds is 2. The van der Waals surface area contributed by atoms with Crippen LogP contribution in [0.15, 0.2) is 12.2 Å². The molecular weight excluding hydrogens is 460 g/mol. The first kappa shape index (κ1) is 16.8. The second kappa shape index (κ2) is 5.91. The van der Waals surface area contributed by atoms with Gasteiger partial charge in [-0.3, -0.25) is 0 Å². The molecule has 2 nitrogen and oxygen atoms in total. The summed E-state index contributed by atoms with van der Waals surface area (Å²) in [6.07, 6.45) is 4.38. The molecule has 2 fully saturated rings. The molecule has 2 rings (SSSR count). The molecule has 0 heterocycles. The van der Waals surface area contributed by atoms with Gasteiger partial charge in [-0.15, -0.1) is 0 Å². The van der Waals surface area contributed by atoms with Crippen LogP contribution in [0.1, 0.15) is 46.5 Å². The minimum absolute atomic E-state index is 0.00231. The van der Waals surface area contributed by atoms with Gasteiger partial charge in [0.2, 0.25) is 0 Å². The Hall–Kier alpha value is 0.435. The maximum atomic E-state index is 12.3. The van der Waals surface area contributed by atoms with E-state index in [1.807, 2.05) is 0 Å². The van der Waals surface area contributed by atoms with Gasteiger partial charge in [0, 0.05) is 0 Å². The number of ether oxygens (including phenoxy) is 1. The fourth-order valence-corrected chi connectivity index (χ4v) is 13.9. The van der Waals surface area contributed by atoms with Crippen LogP contribution < -0.4 is 0 Å². The average molecular weight is 485 g/mol. The molecule has 110 valence electrons. The third-order valence-electron chi connectivity index (χ3n) is 6.22. The summed E-state index contributed by atoms with van der Waals surface area (Å²) < 4.78 is 5.84. The number of hydrogen-bond acceptors (Lipinski definition) is 2. The van der Waals surface area contributed by atoms with Crippen LogP contribution in [0, 0.1) is 22.7 Å². The molecule has 2 saturated carbocycles. The standard InChI is InChI=1S/C16H25O2.ClH.Hg/c1-11-7-8-12-15(2,3)9-6-10-16(12,4)13(11)14(17)18-5;;/h9,12-13H,1,6-8,10H2,2-5H3;1H;/q;;+1/p-1/t12-,13-,16-;;/m0../s1. The van der Waals surface area contributed by atoms with E-state index >= 15 is 0 Å². The van der Waals surface area contributed by atoms with Gasteiger partial charge in [-0.1, -0.05) is 0 Å². The Balaban J connectivity index is 2.41. The van der Waals surface area contributed by atoms with E-state index in [1.54, 1.807) is 0 Å². The van der Waals surface area contributed by atoms with Crippen molar-refractivity contribution in [1.29, 1.82) is 0 Å². The summed E-state index contributed by atoms with van der Waals surface area (Å²) in [7, 11) is 7.90. The Kier molecular flexibility index (Phi) is 4.96. The van der Waals surface area contributed by atoms with Crippen molar-refractivity contribution in [2.45, 2.75) is 49.9 Å². The molecule has 0 amide bonds. The molecule has 2 aliphatic carbocycles. The zero-order valence-corrected chi connectivity index (χ0v) is 19.4. The Morgan fingerprint density at radius 1 is 1.40 bits per heavy atom. The number of hydrogen-bond donors (Lipinski definition) is 0. The van der Waals surface area contributed by atoms with E-state index in [-0.39, 0.29) is 22.7 Å². The fraction of sp³-hybridized carbons (Fsp3) is 0.812. The van der Waals surface area contributed by atoms with Crippen LogP contribution in [0.25, 0.3) is 0 Å². The van der Waals surface area contributed by atoms with Crippen LogP contribution in [0.5, 0.6) is 0 Å². The molecule has 0 N–H and O–H groups in total. The van der Waals surface area contributed by atoms with E-state index in [9.17, 15) is 4.79 Å². The van der Waals surface area contributed by atoms with Gasteiger partial charge in [0.25, 0.3) is 0 Å². The summed E-state index contributed by atoms with van der Waals surface area (Å²) >= 11 is -1.28. The van der Waals surface area contributed by atoms with Gasteiger partial charge in [-0.05, 0) is 0 Å². The molecule has 4 atom stereocenters. The van der Waals surface area contributed by atoms with Crippen LogP contribution in [0.2, 0.25) is 3.43 Å². The Morgan fingerprint density at radius 2 is 2.05 bits per heavy atom. The van der Waals surface area contributed by atoms with Crippen LogP contribution in [-0.2, 0) is 32.9 Å². The summed E-state index contributed by atoms with van der Waals surface area (Å²) in [5, 5.41) is 0. The van der Waals surface area contributed by atoms with E-state index in [0.717, 1.165) is 28.3 Å². The molecule has 0 aromatic heterocycles. The normalized spacial score (nSPS) is 39.6. The van der Waals surface area contributed by atoms with Crippen molar-refractivity contribution in [3.63, 3.8) is 0 Å². The van der Waals surface area contributed by atoms with Crippen molar-refractivity contribution in [1.82, 2.24) is 0 Å². The van der Waals surface area contributed by atoms with Crippen LogP contribution >= 0.6 is 8.25 Å². The van der Waals surface area contributed by atoms with Gasteiger partial charge in [0.1, 0.15) is 0 Å². The molecule has 20 heavy (non-hydrogen) atoms. The number of methoxy groups -OCH3 is 1. The summed E-state index contributed by atoms with van der Waals surface area (Å²) in [5.74, 6) is 0.340. The monoisotopic (exact) mass is 486 g/mol. The van der Waals surface area contributed by atoms with Crippen molar-refractivity contribution in [2.75, 3.05) is 7.11 Å². The zero-order valence-electron chi connectivity index (χ0n) is 13.2. The minimum atomic E-state index is -1.28. The molecular formula is C16H25ClHgO2. The Bertz CT molecular complexity index is 413. The molecule has 0 spiro atoms. The van der Waals surface area contributed by atoms with Gasteiger partial charge in [-0.2, -0.15) is 0 Å². The van der Waals surface area contributed by atoms with Crippen molar-refractivity contribution in [3.05, 3.63) is 12.2 Å². The third kappa shape index (κ3) is 2.49. The number of carbonyl (C=O) groups excluding carboxylic acids is 1. The van der Waals surface area contributed by atoms with Crippen molar-refractivity contribution in [2.24, 2.45) is 22.7 Å². The SMILES string of the molecule is C=C1CC[C@H]2C(C)(C)[C@@H]([Hg][Cl])CC[C@]2(C)[C@@H]1C(=O)OC. The zero-order chi connectivity index (χ0) is 15.1. The van der Waals surface area contributed by atoms with Crippen molar-refractivity contribution < 1.29 is 32.9 Å². The molecule has 0 radical (unpaired) electrons. The predicted octanol–water partition coefficient (Wildman–Crippen LogP) is 4.59. The molecule has 4 heteroatoms. The van der Waals surface area contributed by atoms with Crippen molar-refractivity contribution in [3.8, 4) is 0 Å². The summed E-state index contributed by atoms with van der Waals surface area (Å²) in [5.41, 5.74) is 1.34. The van der Waals surface area contributed by atoms with E-state index in [0.29, 0.717) is 5.92 Å². The van der Waals surface area contributed by atoms with E-state index in [1.165, 1.54) is 13.5 Å². The molecule has 0 saturated heterocycles. The second-order valence-corrected chi connectivity index (χ2v) is 15.2. The number of carbonyl (C=O) groups is 1. The van der Waals surface area contributed by atoms with E-state index in [2.05, 4.69) is 27.4 Å². The number of esters is 1. The molecule has 0 bridgehead atoms. The van der Waals surface area contributed by atoms with Gasteiger partial charge in [0.15, 0.2) is 0 Å². The van der Waals surface area contributed by atoms with Crippen molar-refractivity contribution >= 4 is 14.2 Å². The van der Waals surface area contributed by atoms with Crippen LogP contribution in [0.3, 0.4) is 0 Å². The molecule has 0 unspecified atom stereocenters. The third-order valence-corrected chi connectivity index (χ3v) is 16.6. The first-order valence-electron chi connectivity index (χ1n) is 7.60. The van der Waals surface area contributed by atoms with Gasteiger partial charge in [-0.25, -0.2) is 0 Å². The summed E-state index contributed by atoms with van der Waals surface area (Å²) in [4.78, 5) is 12.3. The van der Waals surface area contributed by atoms with Gasteiger partial charge in [0.05, 0.1) is 0 Å². The topological polar surface area (TPSA) is 26.3 Å². The van der Waals surface area contributed by atoms with E-state index < -0.39 is 23.3 Å². The van der Waals surface area contributed by atoms with Crippen LogP contribution in [0.4, 0.5) is 0 Å². The summed E-state index contributed by atoms with van der Waals surface area (Å²) in [6.45, 7) is 11.2. The van der Waals surface area contributed by atoms with Crippen LogP contribution in [-0.4, -0.2) is 13.1 Å². The second-order valence-electron chi connectivity index (χ2n) is 7.42. The first-order chi connectivity index (χ1) is 9.29. The quantitative estimate of drug-likeness (QED) is 0.325. The average Bonchev–Trinajstić information content (AvgIpc) is 2.37.